The smallest absolute Gasteiger partial charge is 0.306 e. The first-order valence-corrected chi connectivity index (χ1v) is 8.78. The molecule has 0 unspecified atom stereocenters. The standard InChI is InChI=1S/C16H19N3O2S/c20-16(21)10-5-7-19(8-6-10)14-13-11-3-1-2-4-12(11)22-15(13)18-9-17-14/h9-10H,1-8H2,(H,20,21). The van der Waals surface area contributed by atoms with Crippen molar-refractivity contribution in [2.45, 2.75) is 38.5 Å². The minimum Gasteiger partial charge on any atom is -0.481 e. The average molecular weight is 317 g/mol. The van der Waals surface area contributed by atoms with Crippen molar-refractivity contribution in [1.82, 2.24) is 9.97 Å². The van der Waals surface area contributed by atoms with Gasteiger partial charge in [-0.15, -0.1) is 11.3 Å². The topological polar surface area (TPSA) is 66.3 Å². The van der Waals surface area contributed by atoms with Crippen molar-refractivity contribution in [2.24, 2.45) is 5.92 Å². The van der Waals surface area contributed by atoms with Crippen molar-refractivity contribution in [3.05, 3.63) is 16.8 Å². The fraction of sp³-hybridized carbons (Fsp3) is 0.562. The van der Waals surface area contributed by atoms with E-state index in [1.807, 2.05) is 11.3 Å². The second kappa shape index (κ2) is 5.50. The number of fused-ring (bicyclic) bond motifs is 3. The maximum atomic E-state index is 11.1. The summed E-state index contributed by atoms with van der Waals surface area (Å²) in [5, 5.41) is 10.4. The zero-order valence-electron chi connectivity index (χ0n) is 12.4. The van der Waals surface area contributed by atoms with E-state index in [0.29, 0.717) is 12.8 Å². The zero-order chi connectivity index (χ0) is 15.1. The van der Waals surface area contributed by atoms with Gasteiger partial charge in [-0.25, -0.2) is 9.97 Å². The number of rotatable bonds is 2. The van der Waals surface area contributed by atoms with Crippen molar-refractivity contribution in [2.75, 3.05) is 18.0 Å². The van der Waals surface area contributed by atoms with E-state index < -0.39 is 5.97 Å². The Labute approximate surface area is 133 Å². The van der Waals surface area contributed by atoms with E-state index in [1.54, 1.807) is 6.33 Å². The van der Waals surface area contributed by atoms with Gasteiger partial charge in [-0.3, -0.25) is 4.79 Å². The maximum absolute atomic E-state index is 11.1. The fourth-order valence-electron chi connectivity index (χ4n) is 3.65. The highest BCUT2D eigenvalue weighted by molar-refractivity contribution is 7.19. The van der Waals surface area contributed by atoms with E-state index in [0.717, 1.165) is 36.6 Å². The van der Waals surface area contributed by atoms with Crippen LogP contribution in [-0.4, -0.2) is 34.1 Å². The van der Waals surface area contributed by atoms with Gasteiger partial charge < -0.3 is 10.0 Å². The Hall–Kier alpha value is -1.69. The third-order valence-corrected chi connectivity index (χ3v) is 6.07. The summed E-state index contributed by atoms with van der Waals surface area (Å²) in [6, 6.07) is 0. The quantitative estimate of drug-likeness (QED) is 0.922. The van der Waals surface area contributed by atoms with Crippen LogP contribution < -0.4 is 4.90 Å². The van der Waals surface area contributed by atoms with Crippen LogP contribution in [0.5, 0.6) is 0 Å². The van der Waals surface area contributed by atoms with Crippen molar-refractivity contribution in [3.63, 3.8) is 0 Å². The Morgan fingerprint density at radius 3 is 2.77 bits per heavy atom. The number of thiophene rings is 1. The Kier molecular flexibility index (Phi) is 3.48. The molecular formula is C16H19N3O2S. The van der Waals surface area contributed by atoms with Gasteiger partial charge in [-0.05, 0) is 44.1 Å². The van der Waals surface area contributed by atoms with Crippen LogP contribution in [0.3, 0.4) is 0 Å². The molecule has 1 N–H and O–H groups in total. The first-order chi connectivity index (χ1) is 10.7. The van der Waals surface area contributed by atoms with Gasteiger partial charge >= 0.3 is 5.97 Å². The number of nitrogens with zero attached hydrogens (tertiary/aromatic N) is 3. The highest BCUT2D eigenvalue weighted by atomic mass is 32.1. The highest BCUT2D eigenvalue weighted by Gasteiger charge is 2.28. The molecule has 2 aromatic rings. The molecule has 0 spiro atoms. The lowest BCUT2D eigenvalue weighted by molar-refractivity contribution is -0.142. The predicted octanol–water partition coefficient (Wildman–Crippen LogP) is 2.87. The van der Waals surface area contributed by atoms with Gasteiger partial charge in [0.05, 0.1) is 11.3 Å². The lowest BCUT2D eigenvalue weighted by Gasteiger charge is -2.31. The van der Waals surface area contributed by atoms with E-state index in [-0.39, 0.29) is 5.92 Å². The number of carboxylic acids is 1. The van der Waals surface area contributed by atoms with Gasteiger partial charge in [-0.2, -0.15) is 0 Å². The van der Waals surface area contributed by atoms with Crippen LogP contribution in [-0.2, 0) is 17.6 Å². The average Bonchev–Trinajstić information content (AvgIpc) is 2.93. The zero-order valence-corrected chi connectivity index (χ0v) is 13.2. The van der Waals surface area contributed by atoms with Crippen LogP contribution in [0, 0.1) is 5.92 Å². The number of hydrogen-bond acceptors (Lipinski definition) is 5. The summed E-state index contributed by atoms with van der Waals surface area (Å²) < 4.78 is 0. The molecule has 6 heteroatoms. The largest absolute Gasteiger partial charge is 0.481 e. The lowest BCUT2D eigenvalue weighted by atomic mass is 9.95. The fourth-order valence-corrected chi connectivity index (χ4v) is 4.88. The van der Waals surface area contributed by atoms with E-state index in [2.05, 4.69) is 14.9 Å². The van der Waals surface area contributed by atoms with Crippen LogP contribution in [0.4, 0.5) is 5.82 Å². The van der Waals surface area contributed by atoms with Crippen molar-refractivity contribution in [3.8, 4) is 0 Å². The molecule has 0 saturated carbocycles. The second-order valence-electron chi connectivity index (χ2n) is 6.19. The van der Waals surface area contributed by atoms with Crippen molar-refractivity contribution in [1.29, 1.82) is 0 Å². The first kappa shape index (κ1) is 13.9. The monoisotopic (exact) mass is 317 g/mol. The summed E-state index contributed by atoms with van der Waals surface area (Å²) >= 11 is 1.81. The molecule has 5 nitrogen and oxygen atoms in total. The number of carbonyl (C=O) groups is 1. The van der Waals surface area contributed by atoms with Crippen LogP contribution in [0.1, 0.15) is 36.1 Å². The number of anilines is 1. The van der Waals surface area contributed by atoms with Crippen LogP contribution >= 0.6 is 11.3 Å². The molecule has 4 rings (SSSR count). The molecule has 0 bridgehead atoms. The predicted molar refractivity (Wildman–Crippen MR) is 86.6 cm³/mol. The summed E-state index contributed by atoms with van der Waals surface area (Å²) in [5.41, 5.74) is 1.45. The van der Waals surface area contributed by atoms with E-state index in [4.69, 9.17) is 5.11 Å². The first-order valence-electron chi connectivity index (χ1n) is 7.97. The molecule has 0 atom stereocenters. The van der Waals surface area contributed by atoms with Gasteiger partial charge in [-0.1, -0.05) is 0 Å². The number of hydrogen-bond donors (Lipinski definition) is 1. The number of aliphatic carboxylic acids is 1. The van der Waals surface area contributed by atoms with Gasteiger partial charge in [0.1, 0.15) is 17.0 Å². The van der Waals surface area contributed by atoms with Crippen molar-refractivity contribution < 1.29 is 9.90 Å². The van der Waals surface area contributed by atoms with Crippen LogP contribution in [0.25, 0.3) is 10.2 Å². The highest BCUT2D eigenvalue weighted by Crippen LogP contribution is 2.39. The lowest BCUT2D eigenvalue weighted by Crippen LogP contribution is -2.36. The Balaban J connectivity index is 1.70. The third kappa shape index (κ3) is 2.26. The second-order valence-corrected chi connectivity index (χ2v) is 7.27. The summed E-state index contributed by atoms with van der Waals surface area (Å²) in [4.78, 5) is 25.0. The molecule has 1 fully saturated rings. The summed E-state index contributed by atoms with van der Waals surface area (Å²) in [5.74, 6) is 0.151. The molecule has 116 valence electrons. The van der Waals surface area contributed by atoms with Gasteiger partial charge in [0, 0.05) is 18.0 Å². The normalized spacial score (nSPS) is 19.4. The number of carboxylic acid groups (broad SMARTS) is 1. The molecule has 3 heterocycles. The third-order valence-electron chi connectivity index (χ3n) is 4.88. The Morgan fingerprint density at radius 2 is 2.00 bits per heavy atom. The molecule has 2 aromatic heterocycles. The Bertz CT molecular complexity index is 719. The molecule has 0 radical (unpaired) electrons. The molecule has 0 amide bonds. The van der Waals surface area contributed by atoms with E-state index >= 15 is 0 Å². The number of piperidine rings is 1. The van der Waals surface area contributed by atoms with E-state index in [1.165, 1.54) is 28.7 Å². The van der Waals surface area contributed by atoms with E-state index in [9.17, 15) is 4.79 Å². The number of aromatic nitrogens is 2. The minimum absolute atomic E-state index is 0.204. The SMILES string of the molecule is O=C(O)C1CCN(c2ncnc3sc4c(c23)CCCC4)CC1. The maximum Gasteiger partial charge on any atom is 0.306 e. The molecule has 1 aliphatic carbocycles. The molecule has 1 aliphatic heterocycles. The molecule has 1 saturated heterocycles. The molecule has 0 aromatic carbocycles. The van der Waals surface area contributed by atoms with Gasteiger partial charge in [0.25, 0.3) is 0 Å². The van der Waals surface area contributed by atoms with Gasteiger partial charge in [0.15, 0.2) is 0 Å². The molecule has 22 heavy (non-hydrogen) atoms. The Morgan fingerprint density at radius 1 is 1.23 bits per heavy atom. The summed E-state index contributed by atoms with van der Waals surface area (Å²) in [6.07, 6.45) is 7.86. The molecular weight excluding hydrogens is 298 g/mol. The molecule has 2 aliphatic rings. The minimum atomic E-state index is -0.666. The van der Waals surface area contributed by atoms with Crippen molar-refractivity contribution >= 4 is 33.3 Å². The number of aryl methyl sites for hydroxylation is 2. The summed E-state index contributed by atoms with van der Waals surface area (Å²) in [7, 11) is 0. The van der Waals surface area contributed by atoms with Crippen LogP contribution in [0.2, 0.25) is 0 Å². The van der Waals surface area contributed by atoms with Gasteiger partial charge in [0.2, 0.25) is 0 Å². The summed E-state index contributed by atoms with van der Waals surface area (Å²) in [6.45, 7) is 1.54. The van der Waals surface area contributed by atoms with Crippen LogP contribution in [0.15, 0.2) is 6.33 Å².